The highest BCUT2D eigenvalue weighted by Gasteiger charge is 2.06. The number of hydrogen-bond acceptors (Lipinski definition) is 3. The first-order valence-electron chi connectivity index (χ1n) is 3.05. The van der Waals surface area contributed by atoms with Gasteiger partial charge in [-0.1, -0.05) is 0 Å². The number of carbonyl (C=O) groups is 1. The minimum absolute atomic E-state index is 0.0664. The third kappa shape index (κ3) is 13.1. The molecule has 0 spiro atoms. The fourth-order valence-corrected chi connectivity index (χ4v) is 0.598. The van der Waals surface area contributed by atoms with E-state index < -0.39 is 4.84 Å². The van der Waals surface area contributed by atoms with Crippen molar-refractivity contribution in [3.8, 4) is 0 Å². The molecule has 0 fully saturated rings. The van der Waals surface area contributed by atoms with Crippen molar-refractivity contribution in [2.24, 2.45) is 0 Å². The van der Waals surface area contributed by atoms with Crippen molar-refractivity contribution in [3.63, 3.8) is 0 Å². The Morgan fingerprint density at radius 2 is 2.00 bits per heavy atom. The molecule has 0 aliphatic heterocycles. The number of hydrogen-bond donors (Lipinski definition) is 1. The van der Waals surface area contributed by atoms with Crippen LogP contribution in [0.3, 0.4) is 0 Å². The minimum atomic E-state index is -0.649. The van der Waals surface area contributed by atoms with Crippen molar-refractivity contribution >= 4 is 29.2 Å². The van der Waals surface area contributed by atoms with E-state index in [1.807, 2.05) is 0 Å². The molecule has 0 aromatic heterocycles. The maximum absolute atomic E-state index is 10.5. The van der Waals surface area contributed by atoms with E-state index in [1.54, 1.807) is 6.92 Å². The van der Waals surface area contributed by atoms with E-state index in [9.17, 15) is 4.79 Å². The van der Waals surface area contributed by atoms with Crippen LogP contribution in [-0.4, -0.2) is 29.6 Å². The van der Waals surface area contributed by atoms with E-state index in [2.05, 4.69) is 4.74 Å². The van der Waals surface area contributed by atoms with Gasteiger partial charge in [-0.2, -0.15) is 0 Å². The number of alkyl halides is 2. The smallest absolute Gasteiger partial charge is 0.308 e. The number of carbonyl (C=O) groups excluding carboxylic acids is 1. The lowest BCUT2D eigenvalue weighted by Gasteiger charge is -1.99. The quantitative estimate of drug-likeness (QED) is 0.556. The van der Waals surface area contributed by atoms with Crippen LogP contribution >= 0.6 is 23.2 Å². The zero-order chi connectivity index (χ0) is 9.28. The third-order valence-corrected chi connectivity index (χ3v) is 0.935. The SMILES string of the molecule is CCOC(=O)CC(Cl)Cl.CO. The van der Waals surface area contributed by atoms with E-state index in [-0.39, 0.29) is 12.4 Å². The summed E-state index contributed by atoms with van der Waals surface area (Å²) in [4.78, 5) is 9.81. The zero-order valence-electron chi connectivity index (χ0n) is 6.51. The van der Waals surface area contributed by atoms with Gasteiger partial charge in [0, 0.05) is 7.11 Å². The van der Waals surface area contributed by atoms with E-state index in [0.717, 1.165) is 7.11 Å². The van der Waals surface area contributed by atoms with Crippen LogP contribution in [0.5, 0.6) is 0 Å². The fourth-order valence-electron chi connectivity index (χ4n) is 0.346. The Hall–Kier alpha value is 0.01000. The lowest BCUT2D eigenvalue weighted by Crippen LogP contribution is -2.07. The molecule has 0 aromatic rings. The van der Waals surface area contributed by atoms with E-state index in [1.165, 1.54) is 0 Å². The second kappa shape index (κ2) is 10.0. The van der Waals surface area contributed by atoms with Gasteiger partial charge < -0.3 is 9.84 Å². The Labute approximate surface area is 76.2 Å². The Balaban J connectivity index is 0. The van der Waals surface area contributed by atoms with Gasteiger partial charge in [-0.25, -0.2) is 0 Å². The molecule has 5 heteroatoms. The van der Waals surface area contributed by atoms with Gasteiger partial charge in [0.05, 0.1) is 13.0 Å². The van der Waals surface area contributed by atoms with Crippen LogP contribution in [-0.2, 0) is 9.53 Å². The van der Waals surface area contributed by atoms with Crippen LogP contribution < -0.4 is 0 Å². The molecular formula is C6H12Cl2O3. The van der Waals surface area contributed by atoms with Crippen LogP contribution in [0.1, 0.15) is 13.3 Å². The van der Waals surface area contributed by atoms with Gasteiger partial charge in [0.2, 0.25) is 0 Å². The van der Waals surface area contributed by atoms with Gasteiger partial charge >= 0.3 is 5.97 Å². The Morgan fingerprint density at radius 3 is 2.27 bits per heavy atom. The van der Waals surface area contributed by atoms with Crippen molar-refractivity contribution < 1.29 is 14.6 Å². The molecule has 0 saturated carbocycles. The standard InChI is InChI=1S/C5H8Cl2O2.CH4O/c1-2-9-5(8)3-4(6)7;1-2/h4H,2-3H2,1H3;2H,1H3. The molecule has 0 saturated heterocycles. The second-order valence-corrected chi connectivity index (χ2v) is 2.68. The number of rotatable bonds is 3. The summed E-state index contributed by atoms with van der Waals surface area (Å²) in [5.74, 6) is -0.354. The summed E-state index contributed by atoms with van der Waals surface area (Å²) in [6, 6.07) is 0. The van der Waals surface area contributed by atoms with Crippen LogP contribution in [0.2, 0.25) is 0 Å². The summed E-state index contributed by atoms with van der Waals surface area (Å²) in [7, 11) is 1.00. The topological polar surface area (TPSA) is 46.5 Å². The molecule has 3 nitrogen and oxygen atoms in total. The van der Waals surface area contributed by atoms with Crippen molar-refractivity contribution in [2.75, 3.05) is 13.7 Å². The number of esters is 1. The lowest BCUT2D eigenvalue weighted by atomic mass is 10.5. The Morgan fingerprint density at radius 1 is 1.55 bits per heavy atom. The van der Waals surface area contributed by atoms with Gasteiger partial charge in [-0.05, 0) is 6.92 Å². The molecule has 0 bridgehead atoms. The monoisotopic (exact) mass is 202 g/mol. The molecule has 0 atom stereocenters. The molecule has 0 amide bonds. The predicted molar refractivity (Wildman–Crippen MR) is 44.9 cm³/mol. The molecule has 0 rings (SSSR count). The number of halogens is 2. The molecule has 0 aromatic carbocycles. The maximum atomic E-state index is 10.5. The molecule has 0 aliphatic rings. The molecule has 68 valence electrons. The van der Waals surface area contributed by atoms with Gasteiger partial charge in [-0.15, -0.1) is 23.2 Å². The van der Waals surface area contributed by atoms with E-state index in [4.69, 9.17) is 28.3 Å². The first-order chi connectivity index (χ1) is 5.16. The highest BCUT2D eigenvalue weighted by Crippen LogP contribution is 2.07. The molecule has 0 aliphatic carbocycles. The molecule has 0 unspecified atom stereocenters. The van der Waals surface area contributed by atoms with Gasteiger partial charge in [0.1, 0.15) is 4.84 Å². The summed E-state index contributed by atoms with van der Waals surface area (Å²) in [5.41, 5.74) is 0. The summed E-state index contributed by atoms with van der Waals surface area (Å²) in [5, 5.41) is 7.00. The summed E-state index contributed by atoms with van der Waals surface area (Å²) < 4.78 is 4.54. The van der Waals surface area contributed by atoms with Gasteiger partial charge in [0.15, 0.2) is 0 Å². The molecule has 1 N–H and O–H groups in total. The Bertz CT molecular complexity index is 95.8. The normalized spacial score (nSPS) is 8.55. The lowest BCUT2D eigenvalue weighted by molar-refractivity contribution is -0.142. The number of ether oxygens (including phenoxy) is 1. The number of aliphatic hydroxyl groups excluding tert-OH is 1. The van der Waals surface area contributed by atoms with E-state index >= 15 is 0 Å². The Kier molecular flexibility index (Phi) is 12.4. The average molecular weight is 203 g/mol. The number of aliphatic hydroxyl groups is 1. The van der Waals surface area contributed by atoms with Crippen LogP contribution in [0.4, 0.5) is 0 Å². The highest BCUT2D eigenvalue weighted by atomic mass is 35.5. The predicted octanol–water partition coefficient (Wildman–Crippen LogP) is 1.35. The van der Waals surface area contributed by atoms with Gasteiger partial charge in [-0.3, -0.25) is 4.79 Å². The summed E-state index contributed by atoms with van der Waals surface area (Å²) in [6.07, 6.45) is 0.0664. The van der Waals surface area contributed by atoms with Crippen molar-refractivity contribution in [1.29, 1.82) is 0 Å². The fraction of sp³-hybridized carbons (Fsp3) is 0.833. The summed E-state index contributed by atoms with van der Waals surface area (Å²) >= 11 is 10.5. The summed E-state index contributed by atoms with van der Waals surface area (Å²) in [6.45, 7) is 2.11. The zero-order valence-corrected chi connectivity index (χ0v) is 8.02. The average Bonchev–Trinajstić information content (AvgIpc) is 1.91. The molecule has 0 radical (unpaired) electrons. The van der Waals surface area contributed by atoms with E-state index in [0.29, 0.717) is 6.61 Å². The largest absolute Gasteiger partial charge is 0.466 e. The molecule has 11 heavy (non-hydrogen) atoms. The van der Waals surface area contributed by atoms with Crippen molar-refractivity contribution in [1.82, 2.24) is 0 Å². The first kappa shape index (κ1) is 13.6. The van der Waals surface area contributed by atoms with Crippen LogP contribution in [0, 0.1) is 0 Å². The molecular weight excluding hydrogens is 191 g/mol. The molecule has 0 heterocycles. The van der Waals surface area contributed by atoms with Gasteiger partial charge in [0.25, 0.3) is 0 Å². The van der Waals surface area contributed by atoms with Crippen LogP contribution in [0.15, 0.2) is 0 Å². The first-order valence-corrected chi connectivity index (χ1v) is 3.92. The second-order valence-electron chi connectivity index (χ2n) is 1.40. The van der Waals surface area contributed by atoms with Crippen molar-refractivity contribution in [3.05, 3.63) is 0 Å². The van der Waals surface area contributed by atoms with Crippen LogP contribution in [0.25, 0.3) is 0 Å². The minimum Gasteiger partial charge on any atom is -0.466 e. The van der Waals surface area contributed by atoms with Crippen molar-refractivity contribution in [2.45, 2.75) is 18.2 Å². The third-order valence-electron chi connectivity index (χ3n) is 0.626. The highest BCUT2D eigenvalue weighted by molar-refractivity contribution is 6.45. The maximum Gasteiger partial charge on any atom is 0.308 e.